The van der Waals surface area contributed by atoms with Crippen molar-refractivity contribution in [2.75, 3.05) is 6.61 Å². The molecule has 2 aliphatic rings. The van der Waals surface area contributed by atoms with Gasteiger partial charge in [-0.2, -0.15) is 0 Å². The van der Waals surface area contributed by atoms with E-state index < -0.39 is 24.3 Å². The summed E-state index contributed by atoms with van der Waals surface area (Å²) in [7, 11) is 0. The highest BCUT2D eigenvalue weighted by Crippen LogP contribution is 2.27. The van der Waals surface area contributed by atoms with Gasteiger partial charge in [-0.3, -0.25) is 0 Å². The summed E-state index contributed by atoms with van der Waals surface area (Å²) >= 11 is 0. The number of carbonyl (C=O) groups is 2. The molecule has 0 saturated carbocycles. The summed E-state index contributed by atoms with van der Waals surface area (Å²) in [6.45, 7) is 0.584. The van der Waals surface area contributed by atoms with Crippen LogP contribution in [0.5, 0.6) is 0 Å². The number of hydrogen-bond donors (Lipinski definition) is 0. The summed E-state index contributed by atoms with van der Waals surface area (Å²) in [6, 6.07) is 18.5. The summed E-state index contributed by atoms with van der Waals surface area (Å²) in [5.74, 6) is -0.800. The van der Waals surface area contributed by atoms with Crippen molar-refractivity contribution in [3.63, 3.8) is 0 Å². The topological polar surface area (TPSA) is 71.1 Å². The summed E-state index contributed by atoms with van der Waals surface area (Å²) in [6.07, 6.45) is 3.47. The Morgan fingerprint density at radius 2 is 1.77 bits per heavy atom. The van der Waals surface area contributed by atoms with E-state index in [0.29, 0.717) is 24.2 Å². The second-order valence-electron chi connectivity index (χ2n) is 7.03. The van der Waals surface area contributed by atoms with Gasteiger partial charge in [0.05, 0.1) is 18.4 Å². The van der Waals surface area contributed by atoms with Crippen LogP contribution >= 0.6 is 0 Å². The van der Waals surface area contributed by atoms with Gasteiger partial charge in [-0.05, 0) is 29.8 Å². The van der Waals surface area contributed by atoms with Crippen molar-refractivity contribution in [3.05, 3.63) is 95.8 Å². The van der Waals surface area contributed by atoms with Gasteiger partial charge in [-0.25, -0.2) is 9.59 Å². The smallest absolute Gasteiger partial charge is 0.338 e. The molecule has 0 N–H and O–H groups in total. The number of cyclic esters (lactones) is 1. The normalized spacial score (nSPS) is 22.7. The first-order valence-corrected chi connectivity index (χ1v) is 9.80. The molecule has 0 fully saturated rings. The standard InChI is InChI=1S/C24H22O6/c25-23-19(11-13-28-23)15-21-22(29-16-17-7-3-1-4-8-17)20(12-14-27-21)30-24(26)18-9-5-2-6-10-18/h1-12,14,20-22H,13,15-16H2/t20-,21-,22+/m1/s1. The maximum atomic E-state index is 12.6. The molecule has 2 heterocycles. The van der Waals surface area contributed by atoms with Crippen LogP contribution in [-0.4, -0.2) is 36.9 Å². The van der Waals surface area contributed by atoms with Crippen molar-refractivity contribution >= 4 is 11.9 Å². The third kappa shape index (κ3) is 4.78. The molecule has 154 valence electrons. The molecular weight excluding hydrogens is 384 g/mol. The zero-order chi connectivity index (χ0) is 20.8. The molecule has 0 aromatic heterocycles. The Morgan fingerprint density at radius 3 is 2.47 bits per heavy atom. The van der Waals surface area contributed by atoms with E-state index in [9.17, 15) is 9.59 Å². The molecule has 2 aromatic carbocycles. The Morgan fingerprint density at radius 1 is 1.03 bits per heavy atom. The van der Waals surface area contributed by atoms with Crippen molar-refractivity contribution in [1.29, 1.82) is 0 Å². The lowest BCUT2D eigenvalue weighted by atomic mass is 9.98. The van der Waals surface area contributed by atoms with Crippen LogP contribution in [0, 0.1) is 0 Å². The van der Waals surface area contributed by atoms with Crippen LogP contribution in [0.3, 0.4) is 0 Å². The number of rotatable bonds is 7. The van der Waals surface area contributed by atoms with E-state index in [0.717, 1.165) is 5.56 Å². The lowest BCUT2D eigenvalue weighted by Crippen LogP contribution is -2.44. The number of benzene rings is 2. The third-order valence-corrected chi connectivity index (χ3v) is 4.98. The Hall–Kier alpha value is -3.38. The van der Waals surface area contributed by atoms with Crippen LogP contribution in [0.1, 0.15) is 22.3 Å². The van der Waals surface area contributed by atoms with Crippen molar-refractivity contribution in [2.24, 2.45) is 0 Å². The predicted molar refractivity (Wildman–Crippen MR) is 108 cm³/mol. The molecule has 0 unspecified atom stereocenters. The Bertz CT molecular complexity index is 935. The van der Waals surface area contributed by atoms with E-state index in [2.05, 4.69) is 0 Å². The first kappa shape index (κ1) is 19.9. The van der Waals surface area contributed by atoms with E-state index in [-0.39, 0.29) is 12.6 Å². The van der Waals surface area contributed by atoms with E-state index in [4.69, 9.17) is 18.9 Å². The maximum Gasteiger partial charge on any atom is 0.338 e. The van der Waals surface area contributed by atoms with Crippen LogP contribution in [-0.2, 0) is 30.3 Å². The molecule has 6 nitrogen and oxygen atoms in total. The second-order valence-corrected chi connectivity index (χ2v) is 7.03. The van der Waals surface area contributed by atoms with Gasteiger partial charge in [0.2, 0.25) is 0 Å². The lowest BCUT2D eigenvalue weighted by Gasteiger charge is -2.34. The van der Waals surface area contributed by atoms with Gasteiger partial charge in [0.15, 0.2) is 6.10 Å². The number of ether oxygens (including phenoxy) is 4. The lowest BCUT2D eigenvalue weighted by molar-refractivity contribution is -0.137. The highest BCUT2D eigenvalue weighted by Gasteiger charge is 2.38. The van der Waals surface area contributed by atoms with Crippen molar-refractivity contribution in [2.45, 2.75) is 31.3 Å². The predicted octanol–water partition coefficient (Wildman–Crippen LogP) is 3.58. The molecular formula is C24H22O6. The minimum absolute atomic E-state index is 0.263. The highest BCUT2D eigenvalue weighted by atomic mass is 16.6. The molecule has 0 bridgehead atoms. The first-order chi connectivity index (χ1) is 14.7. The van der Waals surface area contributed by atoms with Gasteiger partial charge in [-0.1, -0.05) is 48.5 Å². The van der Waals surface area contributed by atoms with Crippen LogP contribution in [0.2, 0.25) is 0 Å². The first-order valence-electron chi connectivity index (χ1n) is 9.80. The van der Waals surface area contributed by atoms with Gasteiger partial charge in [0.1, 0.15) is 18.8 Å². The fourth-order valence-electron chi connectivity index (χ4n) is 3.40. The average molecular weight is 406 g/mol. The maximum absolute atomic E-state index is 12.6. The summed E-state index contributed by atoms with van der Waals surface area (Å²) in [5, 5.41) is 0. The van der Waals surface area contributed by atoms with E-state index in [1.54, 1.807) is 36.4 Å². The van der Waals surface area contributed by atoms with E-state index in [1.165, 1.54) is 6.26 Å². The van der Waals surface area contributed by atoms with Crippen molar-refractivity contribution < 1.29 is 28.5 Å². The SMILES string of the molecule is O=C1OCC=C1C[C@H]1OC=C[C@@H](OC(=O)c2ccccc2)[C@@H]1OCc1ccccc1. The average Bonchev–Trinajstić information content (AvgIpc) is 3.19. The number of hydrogen-bond acceptors (Lipinski definition) is 6. The Balaban J connectivity index is 1.51. The van der Waals surface area contributed by atoms with Gasteiger partial charge < -0.3 is 18.9 Å². The molecule has 0 radical (unpaired) electrons. The summed E-state index contributed by atoms with van der Waals surface area (Å²) in [5.41, 5.74) is 1.98. The molecule has 0 spiro atoms. The molecule has 4 rings (SSSR count). The zero-order valence-electron chi connectivity index (χ0n) is 16.3. The van der Waals surface area contributed by atoms with Crippen molar-refractivity contribution in [1.82, 2.24) is 0 Å². The number of esters is 2. The molecule has 0 amide bonds. The fraction of sp³-hybridized carbons (Fsp3) is 0.250. The highest BCUT2D eigenvalue weighted by molar-refractivity contribution is 5.90. The summed E-state index contributed by atoms with van der Waals surface area (Å²) in [4.78, 5) is 24.5. The Kier molecular flexibility index (Phi) is 6.25. The van der Waals surface area contributed by atoms with Crippen LogP contribution in [0.15, 0.2) is 84.7 Å². The van der Waals surface area contributed by atoms with Crippen LogP contribution in [0.25, 0.3) is 0 Å². The molecule has 3 atom stereocenters. The monoisotopic (exact) mass is 406 g/mol. The van der Waals surface area contributed by atoms with Gasteiger partial charge >= 0.3 is 11.9 Å². The number of carbonyl (C=O) groups excluding carboxylic acids is 2. The summed E-state index contributed by atoms with van der Waals surface area (Å²) < 4.78 is 22.6. The molecule has 30 heavy (non-hydrogen) atoms. The van der Waals surface area contributed by atoms with Crippen molar-refractivity contribution in [3.8, 4) is 0 Å². The molecule has 2 aromatic rings. The quantitative estimate of drug-likeness (QED) is 0.655. The van der Waals surface area contributed by atoms with E-state index in [1.807, 2.05) is 36.4 Å². The second kappa shape index (κ2) is 9.41. The third-order valence-electron chi connectivity index (χ3n) is 4.98. The minimum atomic E-state index is -0.654. The van der Waals surface area contributed by atoms with Crippen LogP contribution < -0.4 is 0 Å². The molecule has 0 aliphatic carbocycles. The minimum Gasteiger partial charge on any atom is -0.495 e. The fourth-order valence-corrected chi connectivity index (χ4v) is 3.40. The largest absolute Gasteiger partial charge is 0.495 e. The zero-order valence-corrected chi connectivity index (χ0v) is 16.3. The Labute approximate surface area is 174 Å². The van der Waals surface area contributed by atoms with Gasteiger partial charge in [-0.15, -0.1) is 0 Å². The van der Waals surface area contributed by atoms with Crippen LogP contribution in [0.4, 0.5) is 0 Å². The molecule has 0 saturated heterocycles. The van der Waals surface area contributed by atoms with Gasteiger partial charge in [0, 0.05) is 12.0 Å². The van der Waals surface area contributed by atoms with E-state index >= 15 is 0 Å². The molecule has 6 heteroatoms. The molecule has 2 aliphatic heterocycles. The van der Waals surface area contributed by atoms with Gasteiger partial charge in [0.25, 0.3) is 0 Å².